The Labute approximate surface area is 113 Å². The predicted octanol–water partition coefficient (Wildman–Crippen LogP) is 4.61. The van der Waals surface area contributed by atoms with E-state index in [0.717, 1.165) is 18.0 Å². The van der Waals surface area contributed by atoms with Gasteiger partial charge in [0.05, 0.1) is 5.00 Å². The van der Waals surface area contributed by atoms with E-state index in [9.17, 15) is 4.79 Å². The van der Waals surface area contributed by atoms with E-state index in [1.54, 1.807) is 6.07 Å². The van der Waals surface area contributed by atoms with Crippen LogP contribution in [0.4, 0.5) is 5.00 Å². The van der Waals surface area contributed by atoms with Crippen molar-refractivity contribution < 1.29 is 9.90 Å². The normalized spacial score (nSPS) is 10.5. The SMILES string of the molecule is CCCCCCCCCNc1ccc(C(=O)O)s1. The first kappa shape index (κ1) is 15.0. The number of hydrogen-bond donors (Lipinski definition) is 2. The Kier molecular flexibility index (Phi) is 7.49. The third kappa shape index (κ3) is 6.05. The van der Waals surface area contributed by atoms with Crippen molar-refractivity contribution in [1.29, 1.82) is 0 Å². The van der Waals surface area contributed by atoms with Crippen LogP contribution in [-0.2, 0) is 0 Å². The highest BCUT2D eigenvalue weighted by atomic mass is 32.1. The van der Waals surface area contributed by atoms with Crippen molar-refractivity contribution in [2.45, 2.75) is 51.9 Å². The zero-order valence-corrected chi connectivity index (χ0v) is 11.9. The summed E-state index contributed by atoms with van der Waals surface area (Å²) in [5.74, 6) is -0.844. The molecule has 4 heteroatoms. The van der Waals surface area contributed by atoms with Gasteiger partial charge >= 0.3 is 5.97 Å². The van der Waals surface area contributed by atoms with Crippen molar-refractivity contribution in [3.05, 3.63) is 17.0 Å². The molecule has 3 nitrogen and oxygen atoms in total. The number of hydrogen-bond acceptors (Lipinski definition) is 3. The predicted molar refractivity (Wildman–Crippen MR) is 77.8 cm³/mol. The summed E-state index contributed by atoms with van der Waals surface area (Å²) in [6, 6.07) is 3.50. The van der Waals surface area contributed by atoms with E-state index in [-0.39, 0.29) is 0 Å². The Morgan fingerprint density at radius 3 is 2.44 bits per heavy atom. The van der Waals surface area contributed by atoms with E-state index in [4.69, 9.17) is 5.11 Å². The van der Waals surface area contributed by atoms with Crippen molar-refractivity contribution in [3.63, 3.8) is 0 Å². The average Bonchev–Trinajstić information content (AvgIpc) is 2.81. The van der Waals surface area contributed by atoms with Gasteiger partial charge in [-0.15, -0.1) is 11.3 Å². The summed E-state index contributed by atoms with van der Waals surface area (Å²) in [5, 5.41) is 13.0. The minimum Gasteiger partial charge on any atom is -0.477 e. The molecule has 0 aliphatic rings. The van der Waals surface area contributed by atoms with Crippen molar-refractivity contribution in [1.82, 2.24) is 0 Å². The molecular weight excluding hydrogens is 246 g/mol. The van der Waals surface area contributed by atoms with E-state index in [2.05, 4.69) is 12.2 Å². The summed E-state index contributed by atoms with van der Waals surface area (Å²) in [6.07, 6.45) is 9.08. The molecule has 0 atom stereocenters. The summed E-state index contributed by atoms with van der Waals surface area (Å²) in [5.41, 5.74) is 0. The second-order valence-corrected chi connectivity index (χ2v) is 5.60. The minimum atomic E-state index is -0.844. The molecule has 0 aromatic carbocycles. The summed E-state index contributed by atoms with van der Waals surface area (Å²) < 4.78 is 0. The minimum absolute atomic E-state index is 0.400. The number of carboxylic acid groups (broad SMARTS) is 1. The number of carbonyl (C=O) groups is 1. The Hall–Kier alpha value is -1.03. The van der Waals surface area contributed by atoms with Gasteiger partial charge in [-0.2, -0.15) is 0 Å². The van der Waals surface area contributed by atoms with Gasteiger partial charge in [0.2, 0.25) is 0 Å². The third-order valence-corrected chi connectivity index (χ3v) is 3.93. The van der Waals surface area contributed by atoms with Crippen LogP contribution in [0.2, 0.25) is 0 Å². The average molecular weight is 269 g/mol. The summed E-state index contributed by atoms with van der Waals surface area (Å²) in [7, 11) is 0. The van der Waals surface area contributed by atoms with Gasteiger partial charge in [-0.3, -0.25) is 0 Å². The maximum absolute atomic E-state index is 10.7. The number of anilines is 1. The molecule has 0 radical (unpaired) electrons. The van der Waals surface area contributed by atoms with Gasteiger partial charge < -0.3 is 10.4 Å². The number of unbranched alkanes of at least 4 members (excludes halogenated alkanes) is 6. The largest absolute Gasteiger partial charge is 0.477 e. The van der Waals surface area contributed by atoms with Crippen LogP contribution in [0, 0.1) is 0 Å². The zero-order valence-electron chi connectivity index (χ0n) is 11.1. The van der Waals surface area contributed by atoms with Gasteiger partial charge in [0.15, 0.2) is 0 Å². The highest BCUT2D eigenvalue weighted by Gasteiger charge is 2.05. The highest BCUT2D eigenvalue weighted by molar-refractivity contribution is 7.17. The van der Waals surface area contributed by atoms with Crippen LogP contribution in [0.5, 0.6) is 0 Å². The molecule has 1 rings (SSSR count). The molecule has 0 aliphatic heterocycles. The molecule has 1 aromatic rings. The molecule has 0 aliphatic carbocycles. The van der Waals surface area contributed by atoms with Crippen LogP contribution >= 0.6 is 11.3 Å². The molecule has 1 heterocycles. The van der Waals surface area contributed by atoms with Gasteiger partial charge in [0, 0.05) is 6.54 Å². The number of rotatable bonds is 10. The Morgan fingerprint density at radius 1 is 1.17 bits per heavy atom. The van der Waals surface area contributed by atoms with Crippen LogP contribution in [0.3, 0.4) is 0 Å². The molecular formula is C14H23NO2S. The molecule has 0 unspecified atom stereocenters. The Bertz CT molecular complexity index is 349. The number of carboxylic acids is 1. The smallest absolute Gasteiger partial charge is 0.345 e. The molecule has 18 heavy (non-hydrogen) atoms. The van der Waals surface area contributed by atoms with Gasteiger partial charge in [-0.05, 0) is 18.6 Å². The van der Waals surface area contributed by atoms with Crippen LogP contribution < -0.4 is 5.32 Å². The standard InChI is InChI=1S/C14H23NO2S/c1-2-3-4-5-6-7-8-11-15-13-10-9-12(18-13)14(16)17/h9-10,15H,2-8,11H2,1H3,(H,16,17). The number of thiophene rings is 1. The molecule has 0 spiro atoms. The Balaban J connectivity index is 2.02. The molecule has 0 fully saturated rings. The lowest BCUT2D eigenvalue weighted by molar-refractivity contribution is 0.0702. The summed E-state index contributed by atoms with van der Waals surface area (Å²) in [6.45, 7) is 3.17. The molecule has 0 saturated heterocycles. The van der Waals surface area contributed by atoms with Crippen molar-refractivity contribution in [3.8, 4) is 0 Å². The van der Waals surface area contributed by atoms with Crippen molar-refractivity contribution in [2.75, 3.05) is 11.9 Å². The van der Waals surface area contributed by atoms with E-state index >= 15 is 0 Å². The second-order valence-electron chi connectivity index (χ2n) is 4.52. The quantitative estimate of drug-likeness (QED) is 0.610. The van der Waals surface area contributed by atoms with E-state index < -0.39 is 5.97 Å². The number of aromatic carboxylic acids is 1. The van der Waals surface area contributed by atoms with Gasteiger partial charge in [-0.1, -0.05) is 45.4 Å². The maximum Gasteiger partial charge on any atom is 0.345 e. The lowest BCUT2D eigenvalue weighted by Gasteiger charge is -2.03. The third-order valence-electron chi connectivity index (χ3n) is 2.90. The summed E-state index contributed by atoms with van der Waals surface area (Å²) >= 11 is 1.31. The topological polar surface area (TPSA) is 49.3 Å². The van der Waals surface area contributed by atoms with E-state index in [1.807, 2.05) is 6.07 Å². The van der Waals surface area contributed by atoms with Crippen LogP contribution in [-0.4, -0.2) is 17.6 Å². The fourth-order valence-electron chi connectivity index (χ4n) is 1.84. The zero-order chi connectivity index (χ0) is 13.2. The first-order valence-corrected chi connectivity index (χ1v) is 7.62. The molecule has 0 saturated carbocycles. The lowest BCUT2D eigenvalue weighted by Crippen LogP contribution is -1.99. The molecule has 2 N–H and O–H groups in total. The van der Waals surface area contributed by atoms with Crippen LogP contribution in [0.1, 0.15) is 61.5 Å². The fourth-order valence-corrected chi connectivity index (χ4v) is 2.61. The molecule has 1 aromatic heterocycles. The highest BCUT2D eigenvalue weighted by Crippen LogP contribution is 2.21. The first-order valence-electron chi connectivity index (χ1n) is 6.81. The molecule has 102 valence electrons. The van der Waals surface area contributed by atoms with Crippen LogP contribution in [0.15, 0.2) is 12.1 Å². The lowest BCUT2D eigenvalue weighted by atomic mass is 10.1. The van der Waals surface area contributed by atoms with Gasteiger partial charge in [0.1, 0.15) is 4.88 Å². The van der Waals surface area contributed by atoms with E-state index in [1.165, 1.54) is 49.9 Å². The molecule has 0 amide bonds. The molecule has 0 bridgehead atoms. The first-order chi connectivity index (χ1) is 8.74. The van der Waals surface area contributed by atoms with E-state index in [0.29, 0.717) is 4.88 Å². The number of nitrogens with one attached hydrogen (secondary N) is 1. The second kappa shape index (κ2) is 8.97. The van der Waals surface area contributed by atoms with Crippen molar-refractivity contribution in [2.24, 2.45) is 0 Å². The Morgan fingerprint density at radius 2 is 1.83 bits per heavy atom. The summed E-state index contributed by atoms with van der Waals surface area (Å²) in [4.78, 5) is 11.1. The maximum atomic E-state index is 10.7. The van der Waals surface area contributed by atoms with Crippen molar-refractivity contribution >= 4 is 22.3 Å². The monoisotopic (exact) mass is 269 g/mol. The van der Waals surface area contributed by atoms with Gasteiger partial charge in [0.25, 0.3) is 0 Å². The van der Waals surface area contributed by atoms with Crippen LogP contribution in [0.25, 0.3) is 0 Å². The fraction of sp³-hybridized carbons (Fsp3) is 0.643. The van der Waals surface area contributed by atoms with Gasteiger partial charge in [-0.25, -0.2) is 4.79 Å².